The first-order valence-electron chi connectivity index (χ1n) is 11.7. The Morgan fingerprint density at radius 2 is 1.64 bits per heavy atom. The van der Waals surface area contributed by atoms with Gasteiger partial charge in [-0.25, -0.2) is 0 Å². The van der Waals surface area contributed by atoms with Crippen molar-refractivity contribution in [2.24, 2.45) is 5.92 Å². The molecule has 8 heteroatoms. The lowest BCUT2D eigenvalue weighted by Gasteiger charge is -2.17. The van der Waals surface area contributed by atoms with Crippen molar-refractivity contribution in [2.45, 2.75) is 33.2 Å². The zero-order chi connectivity index (χ0) is 26.1. The second kappa shape index (κ2) is 13.2. The highest BCUT2D eigenvalue weighted by atomic mass is 79.9. The highest BCUT2D eigenvalue weighted by Crippen LogP contribution is 2.26. The molecule has 3 aromatic carbocycles. The first kappa shape index (κ1) is 27.4. The summed E-state index contributed by atoms with van der Waals surface area (Å²) in [5.41, 5.74) is 2.34. The molecule has 6 nitrogen and oxygen atoms in total. The zero-order valence-corrected chi connectivity index (χ0v) is 22.9. The van der Waals surface area contributed by atoms with E-state index >= 15 is 0 Å². The number of hydrogen-bond acceptors (Lipinski definition) is 4. The minimum Gasteiger partial charge on any atom is -0.492 e. The number of nitrogens with one attached hydrogen (secondary N) is 3. The Balaban J connectivity index is 1.61. The van der Waals surface area contributed by atoms with Crippen molar-refractivity contribution in [1.82, 2.24) is 10.6 Å². The molecule has 0 aliphatic carbocycles. The van der Waals surface area contributed by atoms with E-state index in [1.807, 2.05) is 37.3 Å². The molecule has 0 saturated carbocycles. The maximum absolute atomic E-state index is 13.0. The van der Waals surface area contributed by atoms with Gasteiger partial charge in [-0.05, 0) is 83.3 Å². The van der Waals surface area contributed by atoms with Crippen LogP contribution >= 0.6 is 28.1 Å². The van der Waals surface area contributed by atoms with E-state index in [-0.39, 0.29) is 23.0 Å². The van der Waals surface area contributed by atoms with Crippen LogP contribution in [0, 0.1) is 5.92 Å². The fraction of sp³-hybridized carbons (Fsp3) is 0.250. The molecule has 0 spiro atoms. The van der Waals surface area contributed by atoms with E-state index in [0.29, 0.717) is 39.6 Å². The molecule has 36 heavy (non-hydrogen) atoms. The second-order valence-electron chi connectivity index (χ2n) is 8.74. The molecule has 1 atom stereocenters. The van der Waals surface area contributed by atoms with E-state index in [2.05, 4.69) is 45.7 Å². The number of carbonyl (C=O) groups excluding carboxylic acids is 2. The minimum absolute atomic E-state index is 0.0877. The topological polar surface area (TPSA) is 79.5 Å². The largest absolute Gasteiger partial charge is 0.492 e. The van der Waals surface area contributed by atoms with Gasteiger partial charge in [0, 0.05) is 5.56 Å². The quantitative estimate of drug-likeness (QED) is 0.257. The van der Waals surface area contributed by atoms with Gasteiger partial charge < -0.3 is 15.4 Å². The van der Waals surface area contributed by atoms with Gasteiger partial charge in [0.15, 0.2) is 5.11 Å². The predicted octanol–water partition coefficient (Wildman–Crippen LogP) is 6.49. The normalized spacial score (nSPS) is 11.5. The lowest BCUT2D eigenvalue weighted by atomic mass is 10.1. The van der Waals surface area contributed by atoms with Crippen molar-refractivity contribution in [3.8, 4) is 5.75 Å². The molecule has 0 aliphatic rings. The van der Waals surface area contributed by atoms with Crippen LogP contribution in [0.1, 0.15) is 59.5 Å². The molecule has 0 fully saturated rings. The maximum atomic E-state index is 13.0. The van der Waals surface area contributed by atoms with Crippen LogP contribution in [-0.2, 0) is 0 Å². The van der Waals surface area contributed by atoms with Gasteiger partial charge in [-0.2, -0.15) is 0 Å². The van der Waals surface area contributed by atoms with Crippen LogP contribution in [0.2, 0.25) is 0 Å². The van der Waals surface area contributed by atoms with E-state index in [1.165, 1.54) is 0 Å². The lowest BCUT2D eigenvalue weighted by Crippen LogP contribution is -2.35. The van der Waals surface area contributed by atoms with Gasteiger partial charge >= 0.3 is 0 Å². The number of halogens is 1. The molecule has 0 heterocycles. The molecule has 0 bridgehead atoms. The minimum atomic E-state index is -0.374. The molecule has 0 radical (unpaired) electrons. The summed E-state index contributed by atoms with van der Waals surface area (Å²) < 4.78 is 6.47. The average Bonchev–Trinajstić information content (AvgIpc) is 2.85. The molecule has 3 N–H and O–H groups in total. The van der Waals surface area contributed by atoms with Crippen LogP contribution in [0.5, 0.6) is 5.75 Å². The summed E-state index contributed by atoms with van der Waals surface area (Å²) in [7, 11) is 0. The van der Waals surface area contributed by atoms with Crippen molar-refractivity contribution < 1.29 is 14.3 Å². The van der Waals surface area contributed by atoms with Crippen molar-refractivity contribution in [2.75, 3.05) is 11.9 Å². The van der Waals surface area contributed by atoms with Crippen molar-refractivity contribution in [1.29, 1.82) is 0 Å². The zero-order valence-electron chi connectivity index (χ0n) is 20.5. The average molecular weight is 569 g/mol. The Morgan fingerprint density at radius 1 is 0.944 bits per heavy atom. The summed E-state index contributed by atoms with van der Waals surface area (Å²) in [6, 6.07) is 21.7. The monoisotopic (exact) mass is 567 g/mol. The molecule has 0 aliphatic heterocycles. The number of amides is 2. The Bertz CT molecular complexity index is 1220. The predicted molar refractivity (Wildman–Crippen MR) is 152 cm³/mol. The maximum Gasteiger partial charge on any atom is 0.257 e. The molecule has 2 amide bonds. The van der Waals surface area contributed by atoms with Gasteiger partial charge in [-0.1, -0.05) is 56.3 Å². The van der Waals surface area contributed by atoms with E-state index in [9.17, 15) is 9.59 Å². The standard InChI is InChI=1S/C28H30BrN3O3S/c1-18(2)15-16-35-25-14-13-21(17-23(25)29)26(33)32-28(36)31-24-12-8-7-11-22(24)27(34)30-19(3)20-9-5-4-6-10-20/h4-14,17-19H,15-16H2,1-3H3,(H,30,34)(H2,31,32,33,36). The molecule has 188 valence electrons. The molecule has 3 aromatic rings. The number of benzene rings is 3. The van der Waals surface area contributed by atoms with Gasteiger partial charge in [0.1, 0.15) is 5.75 Å². The third kappa shape index (κ3) is 7.90. The van der Waals surface area contributed by atoms with Gasteiger partial charge in [0.05, 0.1) is 28.4 Å². The molecule has 3 rings (SSSR count). The van der Waals surface area contributed by atoms with E-state index in [0.717, 1.165) is 12.0 Å². The Kier molecular flexibility index (Phi) is 10.0. The molecular weight excluding hydrogens is 538 g/mol. The smallest absolute Gasteiger partial charge is 0.257 e. The van der Waals surface area contributed by atoms with E-state index < -0.39 is 0 Å². The first-order chi connectivity index (χ1) is 17.2. The number of para-hydroxylation sites is 1. The fourth-order valence-electron chi connectivity index (χ4n) is 3.38. The molecule has 0 saturated heterocycles. The van der Waals surface area contributed by atoms with Crippen LogP contribution in [0.4, 0.5) is 5.69 Å². The SMILES string of the molecule is CC(C)CCOc1ccc(C(=O)NC(=S)Nc2ccccc2C(=O)NC(C)c2ccccc2)cc1Br. The van der Waals surface area contributed by atoms with E-state index in [4.69, 9.17) is 17.0 Å². The summed E-state index contributed by atoms with van der Waals surface area (Å²) >= 11 is 8.82. The van der Waals surface area contributed by atoms with Crippen molar-refractivity contribution >= 4 is 50.8 Å². The fourth-order valence-corrected chi connectivity index (χ4v) is 4.08. The lowest BCUT2D eigenvalue weighted by molar-refractivity contribution is 0.0939. The number of rotatable bonds is 9. The summed E-state index contributed by atoms with van der Waals surface area (Å²) in [6.07, 6.45) is 0.944. The van der Waals surface area contributed by atoms with Gasteiger partial charge in [0.25, 0.3) is 11.8 Å². The van der Waals surface area contributed by atoms with Crippen LogP contribution in [-0.4, -0.2) is 23.5 Å². The van der Waals surface area contributed by atoms with Crippen LogP contribution in [0.15, 0.2) is 77.3 Å². The number of anilines is 1. The highest BCUT2D eigenvalue weighted by molar-refractivity contribution is 9.10. The third-order valence-electron chi connectivity index (χ3n) is 5.44. The number of hydrogen-bond donors (Lipinski definition) is 3. The van der Waals surface area contributed by atoms with Crippen LogP contribution in [0.25, 0.3) is 0 Å². The van der Waals surface area contributed by atoms with Crippen molar-refractivity contribution in [3.63, 3.8) is 0 Å². The van der Waals surface area contributed by atoms with Crippen LogP contribution in [0.3, 0.4) is 0 Å². The Labute approximate surface area is 226 Å². The molecular formula is C28H30BrN3O3S. The van der Waals surface area contributed by atoms with Gasteiger partial charge in [0.2, 0.25) is 0 Å². The molecule has 1 unspecified atom stereocenters. The highest BCUT2D eigenvalue weighted by Gasteiger charge is 2.17. The first-order valence-corrected chi connectivity index (χ1v) is 12.9. The number of carbonyl (C=O) groups is 2. The summed E-state index contributed by atoms with van der Waals surface area (Å²) in [4.78, 5) is 25.7. The number of ether oxygens (including phenoxy) is 1. The summed E-state index contributed by atoms with van der Waals surface area (Å²) in [5.74, 6) is 0.602. The van der Waals surface area contributed by atoms with Gasteiger partial charge in [-0.3, -0.25) is 14.9 Å². The summed E-state index contributed by atoms with van der Waals surface area (Å²) in [6.45, 7) is 6.80. The third-order valence-corrected chi connectivity index (χ3v) is 6.26. The Morgan fingerprint density at radius 3 is 2.33 bits per heavy atom. The Hall–Kier alpha value is -3.23. The molecule has 0 aromatic heterocycles. The van der Waals surface area contributed by atoms with Crippen molar-refractivity contribution in [3.05, 3.63) is 94.0 Å². The second-order valence-corrected chi connectivity index (χ2v) is 10.00. The number of thiocarbonyl (C=S) groups is 1. The van der Waals surface area contributed by atoms with Crippen LogP contribution < -0.4 is 20.7 Å². The van der Waals surface area contributed by atoms with E-state index in [1.54, 1.807) is 42.5 Å². The summed E-state index contributed by atoms with van der Waals surface area (Å²) in [5, 5.41) is 8.73. The van der Waals surface area contributed by atoms with Gasteiger partial charge in [-0.15, -0.1) is 0 Å².